The van der Waals surface area contributed by atoms with Crippen LogP contribution in [0.15, 0.2) is 30.5 Å². The molecule has 1 amide bonds. The first-order chi connectivity index (χ1) is 13.5. The van der Waals surface area contributed by atoms with Crippen LogP contribution in [0.1, 0.15) is 5.56 Å². The van der Waals surface area contributed by atoms with Gasteiger partial charge in [-0.25, -0.2) is 9.52 Å². The van der Waals surface area contributed by atoms with Crippen molar-refractivity contribution in [2.45, 2.75) is 32.2 Å². The molecule has 9 nitrogen and oxygen atoms in total. The summed E-state index contributed by atoms with van der Waals surface area (Å²) >= 11 is 0. The smallest absolute Gasteiger partial charge is 0.421 e. The molecule has 0 atom stereocenters. The maximum absolute atomic E-state index is 12.7. The van der Waals surface area contributed by atoms with Gasteiger partial charge in [-0.2, -0.15) is 12.7 Å². The second-order valence-electron chi connectivity index (χ2n) is 7.80. The number of H-pyrrole nitrogens is 1. The lowest BCUT2D eigenvalue weighted by atomic mass is 10.1. The van der Waals surface area contributed by atoms with Crippen LogP contribution < -0.4 is 4.72 Å². The van der Waals surface area contributed by atoms with Gasteiger partial charge in [0.1, 0.15) is 6.54 Å². The van der Waals surface area contributed by atoms with Gasteiger partial charge in [0.05, 0.1) is 13.7 Å². The molecule has 0 aliphatic heterocycles. The van der Waals surface area contributed by atoms with Crippen LogP contribution in [0.4, 0.5) is 4.79 Å². The summed E-state index contributed by atoms with van der Waals surface area (Å²) in [6, 6.07) is 7.92. The number of carbonyl (C=O) groups is 2. The maximum atomic E-state index is 12.7. The van der Waals surface area contributed by atoms with Gasteiger partial charge in [-0.3, -0.25) is 4.79 Å². The number of hydrogen-bond acceptors (Lipinski definition) is 6. The van der Waals surface area contributed by atoms with Gasteiger partial charge in [0.25, 0.3) is 0 Å². The van der Waals surface area contributed by atoms with Crippen LogP contribution in [-0.4, -0.2) is 58.1 Å². The Morgan fingerprint density at radius 3 is 2.59 bits per heavy atom. The molecule has 1 heterocycles. The van der Waals surface area contributed by atoms with Gasteiger partial charge in [0.2, 0.25) is 0 Å². The highest BCUT2D eigenvalue weighted by Gasteiger charge is 2.28. The topological polar surface area (TPSA) is 118 Å². The molecule has 1 aromatic heterocycles. The molecule has 2 rings (SSSR count). The van der Waals surface area contributed by atoms with Crippen molar-refractivity contribution in [1.82, 2.24) is 14.0 Å². The summed E-state index contributed by atoms with van der Waals surface area (Å²) in [7, 11) is -4.58. The van der Waals surface area contributed by atoms with Crippen molar-refractivity contribution in [2.75, 3.05) is 20.3 Å². The number of hydrogen-bond donors (Lipinski definition) is 2. The Balaban J connectivity index is 2.11. The zero-order valence-electron chi connectivity index (χ0n) is 17.0. The van der Waals surface area contributed by atoms with Crippen LogP contribution in [0, 0.1) is 0 Å². The third-order valence-electron chi connectivity index (χ3n) is 4.15. The van der Waals surface area contributed by atoms with Gasteiger partial charge < -0.3 is 14.5 Å². The molecule has 0 unspecified atom stereocenters. The van der Waals surface area contributed by atoms with Crippen LogP contribution in [0.2, 0.25) is 25.7 Å². The Morgan fingerprint density at radius 1 is 1.21 bits per heavy atom. The molecule has 0 bridgehead atoms. The molecule has 2 N–H and O–H groups in total. The third-order valence-corrected chi connectivity index (χ3v) is 7.21. The van der Waals surface area contributed by atoms with E-state index in [1.165, 1.54) is 0 Å². The van der Waals surface area contributed by atoms with E-state index in [0.29, 0.717) is 11.6 Å². The van der Waals surface area contributed by atoms with Crippen molar-refractivity contribution in [1.29, 1.82) is 0 Å². The molecule has 0 saturated heterocycles. The zero-order valence-corrected chi connectivity index (χ0v) is 18.8. The Bertz CT molecular complexity index is 967. The molecular weight excluding hydrogens is 414 g/mol. The Kier molecular flexibility index (Phi) is 7.44. The number of methoxy groups -OCH3 is 1. The summed E-state index contributed by atoms with van der Waals surface area (Å²) in [5, 5.41) is 0.900. The van der Waals surface area contributed by atoms with E-state index in [9.17, 15) is 18.0 Å². The monoisotopic (exact) mass is 441 g/mol. The number of rotatable bonds is 9. The number of aromatic nitrogens is 1. The number of benzene rings is 1. The van der Waals surface area contributed by atoms with Crippen LogP contribution in [-0.2, 0) is 31.0 Å². The summed E-state index contributed by atoms with van der Waals surface area (Å²) in [6.07, 6.45) is 0.703. The highest BCUT2D eigenvalue weighted by Crippen LogP contribution is 2.17. The second kappa shape index (κ2) is 9.42. The first-order valence-electron chi connectivity index (χ1n) is 9.08. The minimum atomic E-state index is -4.32. The third kappa shape index (κ3) is 7.18. The van der Waals surface area contributed by atoms with E-state index in [1.54, 1.807) is 18.3 Å². The second-order valence-corrected chi connectivity index (χ2v) is 15.1. The molecule has 0 aliphatic carbocycles. The van der Waals surface area contributed by atoms with E-state index in [1.807, 2.05) is 16.9 Å². The standard InChI is InChI=1S/C18H27N3O6SSi/c1-26-17(22)13-21(12-14-5-6-16-15(11-14)7-8-19-16)28(24,25)20-18(23)27-9-10-29(2,3)4/h5-8,11,19H,9-10,12-13H2,1-4H3,(H,20,23). The lowest BCUT2D eigenvalue weighted by Crippen LogP contribution is -2.45. The van der Waals surface area contributed by atoms with Crippen molar-refractivity contribution >= 4 is 41.2 Å². The fraction of sp³-hybridized carbons (Fsp3) is 0.444. The molecule has 0 fully saturated rings. The molecule has 11 heteroatoms. The largest absolute Gasteiger partial charge is 0.468 e. The van der Waals surface area contributed by atoms with E-state index in [2.05, 4.69) is 29.4 Å². The van der Waals surface area contributed by atoms with Crippen LogP contribution in [0.3, 0.4) is 0 Å². The number of carbonyl (C=O) groups excluding carboxylic acids is 2. The number of nitrogens with zero attached hydrogens (tertiary/aromatic N) is 1. The number of amides is 1. The number of fused-ring (bicyclic) bond motifs is 1. The van der Waals surface area contributed by atoms with Crippen LogP contribution >= 0.6 is 0 Å². The van der Waals surface area contributed by atoms with E-state index < -0.39 is 36.9 Å². The van der Waals surface area contributed by atoms with Crippen LogP contribution in [0.5, 0.6) is 0 Å². The van der Waals surface area contributed by atoms with Crippen molar-refractivity contribution < 1.29 is 27.5 Å². The molecule has 0 radical (unpaired) electrons. The molecule has 29 heavy (non-hydrogen) atoms. The summed E-state index contributed by atoms with van der Waals surface area (Å²) in [5.41, 5.74) is 1.55. The average Bonchev–Trinajstić information content (AvgIpc) is 3.07. The minimum absolute atomic E-state index is 0.117. The summed E-state index contributed by atoms with van der Waals surface area (Å²) in [5.74, 6) is -0.745. The average molecular weight is 442 g/mol. The normalized spacial score (nSPS) is 12.2. The summed E-state index contributed by atoms with van der Waals surface area (Å²) in [6.45, 7) is 5.82. The molecule has 0 spiro atoms. The lowest BCUT2D eigenvalue weighted by molar-refractivity contribution is -0.140. The van der Waals surface area contributed by atoms with Gasteiger partial charge >= 0.3 is 22.3 Å². The van der Waals surface area contributed by atoms with Crippen molar-refractivity contribution in [3.63, 3.8) is 0 Å². The molecule has 160 valence electrons. The van der Waals surface area contributed by atoms with Crippen molar-refractivity contribution in [2.24, 2.45) is 0 Å². The van der Waals surface area contributed by atoms with Gasteiger partial charge in [-0.05, 0) is 35.2 Å². The predicted molar refractivity (Wildman–Crippen MR) is 112 cm³/mol. The first-order valence-corrected chi connectivity index (χ1v) is 14.2. The van der Waals surface area contributed by atoms with Gasteiger partial charge in [-0.15, -0.1) is 0 Å². The number of esters is 1. The van der Waals surface area contributed by atoms with Gasteiger partial charge in [-0.1, -0.05) is 25.7 Å². The highest BCUT2D eigenvalue weighted by molar-refractivity contribution is 7.87. The Hall–Kier alpha value is -2.37. The van der Waals surface area contributed by atoms with E-state index in [4.69, 9.17) is 4.74 Å². The number of ether oxygens (including phenoxy) is 2. The fourth-order valence-corrected chi connectivity index (χ4v) is 4.20. The maximum Gasteiger partial charge on any atom is 0.421 e. The summed E-state index contributed by atoms with van der Waals surface area (Å²) < 4.78 is 37.6. The van der Waals surface area contributed by atoms with Crippen molar-refractivity contribution in [3.8, 4) is 0 Å². The van der Waals surface area contributed by atoms with Gasteiger partial charge in [0, 0.05) is 26.3 Å². The highest BCUT2D eigenvalue weighted by atomic mass is 32.2. The lowest BCUT2D eigenvalue weighted by Gasteiger charge is -2.21. The van der Waals surface area contributed by atoms with E-state index >= 15 is 0 Å². The molecule has 1 aromatic carbocycles. The van der Waals surface area contributed by atoms with Crippen LogP contribution in [0.25, 0.3) is 10.9 Å². The zero-order chi connectivity index (χ0) is 21.7. The van der Waals surface area contributed by atoms with E-state index in [-0.39, 0.29) is 13.2 Å². The SMILES string of the molecule is COC(=O)CN(Cc1ccc2[nH]ccc2c1)S(=O)(=O)NC(=O)OCC[Si](C)(C)C. The number of aromatic amines is 1. The molecule has 0 saturated carbocycles. The Morgan fingerprint density at radius 2 is 1.93 bits per heavy atom. The minimum Gasteiger partial charge on any atom is -0.468 e. The predicted octanol–water partition coefficient (Wildman–Crippen LogP) is 2.45. The molecule has 2 aromatic rings. The fourth-order valence-electron chi connectivity index (χ4n) is 2.49. The quantitative estimate of drug-likeness (QED) is 0.456. The van der Waals surface area contributed by atoms with Gasteiger partial charge in [0.15, 0.2) is 0 Å². The van der Waals surface area contributed by atoms with E-state index in [0.717, 1.165) is 22.3 Å². The Labute approximate surface area is 171 Å². The van der Waals surface area contributed by atoms with Crippen molar-refractivity contribution in [3.05, 3.63) is 36.0 Å². The number of nitrogens with one attached hydrogen (secondary N) is 2. The molecular formula is C18H27N3O6SSi. The molecule has 0 aliphatic rings. The summed E-state index contributed by atoms with van der Waals surface area (Å²) in [4.78, 5) is 26.7. The first kappa shape index (κ1) is 22.9.